The number of aromatic nitrogens is 3. The Balaban J connectivity index is 1.23. The van der Waals surface area contributed by atoms with Gasteiger partial charge in [0, 0.05) is 37.1 Å². The normalized spacial score (nSPS) is 15.4. The van der Waals surface area contributed by atoms with E-state index in [0.717, 1.165) is 72.2 Å². The summed E-state index contributed by atoms with van der Waals surface area (Å²) in [7, 11) is 0. The highest BCUT2D eigenvalue weighted by atomic mass is 16.5. The van der Waals surface area contributed by atoms with E-state index >= 15 is 0 Å². The second-order valence-corrected chi connectivity index (χ2v) is 8.36. The van der Waals surface area contributed by atoms with Crippen LogP contribution in [0.15, 0.2) is 42.5 Å². The quantitative estimate of drug-likeness (QED) is 0.646. The lowest BCUT2D eigenvalue weighted by Gasteiger charge is -2.11. The Morgan fingerprint density at radius 2 is 1.88 bits per heavy atom. The first-order valence-corrected chi connectivity index (χ1v) is 11.5. The van der Waals surface area contributed by atoms with Gasteiger partial charge in [0.25, 0.3) is 0 Å². The Labute approximate surface area is 187 Å². The molecule has 0 saturated heterocycles. The van der Waals surface area contributed by atoms with Crippen LogP contribution >= 0.6 is 0 Å². The van der Waals surface area contributed by atoms with Gasteiger partial charge in [0.15, 0.2) is 17.3 Å². The van der Waals surface area contributed by atoms with Gasteiger partial charge in [0.1, 0.15) is 5.82 Å². The number of amides is 1. The summed E-state index contributed by atoms with van der Waals surface area (Å²) in [5.74, 6) is 3.46. The van der Waals surface area contributed by atoms with Crippen molar-refractivity contribution in [1.29, 1.82) is 0 Å². The molecular weight excluding hydrogens is 404 g/mol. The number of rotatable bonds is 5. The zero-order valence-corrected chi connectivity index (χ0v) is 18.2. The van der Waals surface area contributed by atoms with Crippen molar-refractivity contribution in [2.45, 2.75) is 51.5 Å². The van der Waals surface area contributed by atoms with E-state index in [1.165, 1.54) is 6.42 Å². The van der Waals surface area contributed by atoms with Gasteiger partial charge in [-0.05, 0) is 49.1 Å². The van der Waals surface area contributed by atoms with Crippen LogP contribution in [0.4, 0.5) is 5.69 Å². The third kappa shape index (κ3) is 4.61. The third-order valence-electron chi connectivity index (χ3n) is 5.97. The zero-order valence-electron chi connectivity index (χ0n) is 18.2. The second kappa shape index (κ2) is 9.42. The molecule has 0 radical (unpaired) electrons. The Morgan fingerprint density at radius 1 is 0.969 bits per heavy atom. The van der Waals surface area contributed by atoms with E-state index in [1.807, 2.05) is 42.5 Å². The number of anilines is 1. The number of carbonyl (C=O) groups is 1. The van der Waals surface area contributed by atoms with E-state index in [-0.39, 0.29) is 5.91 Å². The highest BCUT2D eigenvalue weighted by molar-refractivity contribution is 5.91. The summed E-state index contributed by atoms with van der Waals surface area (Å²) in [5, 5.41) is 11.8. The molecule has 0 fully saturated rings. The number of hydrogen-bond donors (Lipinski definition) is 1. The summed E-state index contributed by atoms with van der Waals surface area (Å²) >= 11 is 0. The summed E-state index contributed by atoms with van der Waals surface area (Å²) in [5.41, 5.74) is 2.81. The summed E-state index contributed by atoms with van der Waals surface area (Å²) in [4.78, 5) is 12.6. The van der Waals surface area contributed by atoms with E-state index in [4.69, 9.17) is 9.47 Å². The van der Waals surface area contributed by atoms with Crippen LogP contribution in [0, 0.1) is 0 Å². The maximum absolute atomic E-state index is 12.6. The summed E-state index contributed by atoms with van der Waals surface area (Å²) < 4.78 is 13.6. The summed E-state index contributed by atoms with van der Waals surface area (Å²) in [6.45, 7) is 2.28. The molecule has 0 saturated carbocycles. The van der Waals surface area contributed by atoms with E-state index < -0.39 is 0 Å². The van der Waals surface area contributed by atoms with Gasteiger partial charge in [-0.3, -0.25) is 4.79 Å². The van der Waals surface area contributed by atoms with Crippen LogP contribution in [0.3, 0.4) is 0 Å². The third-order valence-corrected chi connectivity index (χ3v) is 5.97. The largest absolute Gasteiger partial charge is 0.490 e. The van der Waals surface area contributed by atoms with Gasteiger partial charge in [-0.2, -0.15) is 0 Å². The minimum Gasteiger partial charge on any atom is -0.490 e. The summed E-state index contributed by atoms with van der Waals surface area (Å²) in [6.07, 6.45) is 6.42. The fraction of sp³-hybridized carbons (Fsp3) is 0.400. The Hall–Kier alpha value is -3.35. The maximum atomic E-state index is 12.6. The molecule has 7 nitrogen and oxygen atoms in total. The molecule has 2 aromatic carbocycles. The molecule has 166 valence electrons. The molecule has 32 heavy (non-hydrogen) atoms. The number of nitrogens with one attached hydrogen (secondary N) is 1. The number of nitrogens with zero attached hydrogens (tertiary/aromatic N) is 3. The van der Waals surface area contributed by atoms with Crippen molar-refractivity contribution in [3.05, 3.63) is 53.9 Å². The Kier molecular flexibility index (Phi) is 6.05. The highest BCUT2D eigenvalue weighted by Gasteiger charge is 2.16. The Morgan fingerprint density at radius 3 is 2.81 bits per heavy atom. The number of aryl methyl sites for hydroxylation is 2. The Bertz CT molecular complexity index is 1110. The smallest absolute Gasteiger partial charge is 0.224 e. The molecule has 0 bridgehead atoms. The van der Waals surface area contributed by atoms with E-state index in [9.17, 15) is 4.79 Å². The lowest BCUT2D eigenvalue weighted by Crippen LogP contribution is -2.12. The van der Waals surface area contributed by atoms with Crippen LogP contribution in [0.25, 0.3) is 11.4 Å². The van der Waals surface area contributed by atoms with Crippen molar-refractivity contribution in [3.8, 4) is 22.9 Å². The van der Waals surface area contributed by atoms with Gasteiger partial charge in [-0.1, -0.05) is 24.6 Å². The fourth-order valence-corrected chi connectivity index (χ4v) is 4.28. The lowest BCUT2D eigenvalue weighted by atomic mass is 10.1. The number of fused-ring (bicyclic) bond motifs is 2. The molecule has 5 rings (SSSR count). The van der Waals surface area contributed by atoms with Gasteiger partial charge < -0.3 is 19.4 Å². The first-order valence-electron chi connectivity index (χ1n) is 11.5. The molecule has 7 heteroatoms. The highest BCUT2D eigenvalue weighted by Crippen LogP contribution is 2.31. The van der Waals surface area contributed by atoms with Gasteiger partial charge in [-0.25, -0.2) is 0 Å². The molecular formula is C25H28N4O3. The second-order valence-electron chi connectivity index (χ2n) is 8.36. The van der Waals surface area contributed by atoms with Crippen LogP contribution in [-0.2, 0) is 24.2 Å². The molecule has 3 aromatic rings. The molecule has 2 aliphatic rings. The number of carbonyl (C=O) groups excluding carboxylic acids is 1. The minimum absolute atomic E-state index is 0.0191. The van der Waals surface area contributed by atoms with Crippen molar-refractivity contribution in [3.63, 3.8) is 0 Å². The van der Waals surface area contributed by atoms with Crippen LogP contribution in [-0.4, -0.2) is 33.9 Å². The van der Waals surface area contributed by atoms with E-state index in [2.05, 4.69) is 20.1 Å². The van der Waals surface area contributed by atoms with Crippen LogP contribution in [0.2, 0.25) is 0 Å². The van der Waals surface area contributed by atoms with Gasteiger partial charge in [-0.15, -0.1) is 10.2 Å². The average molecular weight is 433 g/mol. The molecule has 0 unspecified atom stereocenters. The summed E-state index contributed by atoms with van der Waals surface area (Å²) in [6, 6.07) is 13.8. The minimum atomic E-state index is -0.0191. The average Bonchev–Trinajstić information content (AvgIpc) is 2.97. The molecule has 1 aromatic heterocycles. The number of ether oxygens (including phenoxy) is 2. The first kappa shape index (κ1) is 20.5. The van der Waals surface area contributed by atoms with Crippen LogP contribution < -0.4 is 14.8 Å². The van der Waals surface area contributed by atoms with E-state index in [1.54, 1.807) is 0 Å². The molecule has 3 heterocycles. The maximum Gasteiger partial charge on any atom is 0.224 e. The molecule has 1 amide bonds. The molecule has 0 aliphatic carbocycles. The molecule has 1 N–H and O–H groups in total. The number of hydrogen-bond acceptors (Lipinski definition) is 5. The van der Waals surface area contributed by atoms with Gasteiger partial charge >= 0.3 is 0 Å². The first-order chi connectivity index (χ1) is 15.8. The number of benzene rings is 2. The SMILES string of the molecule is O=C(CCc1ccc2c(c1)OCCCO2)Nc1cccc(-c2nnc3n2CCCCC3)c1. The van der Waals surface area contributed by atoms with Crippen molar-refractivity contribution >= 4 is 11.6 Å². The van der Waals surface area contributed by atoms with E-state index in [0.29, 0.717) is 26.1 Å². The predicted octanol–water partition coefficient (Wildman–Crippen LogP) is 4.40. The fourth-order valence-electron chi connectivity index (χ4n) is 4.28. The van der Waals surface area contributed by atoms with Crippen molar-refractivity contribution in [2.75, 3.05) is 18.5 Å². The monoisotopic (exact) mass is 432 g/mol. The standard InChI is InChI=1S/C25H28N4O3/c30-24(12-10-18-9-11-21-22(16-18)32-15-5-14-31-21)26-20-7-4-6-19(17-20)25-28-27-23-8-2-1-3-13-29(23)25/h4,6-7,9,11,16-17H,1-3,5,8,10,12-15H2,(H,26,30). The predicted molar refractivity (Wildman–Crippen MR) is 122 cm³/mol. The molecule has 0 spiro atoms. The molecule has 2 aliphatic heterocycles. The lowest BCUT2D eigenvalue weighted by molar-refractivity contribution is -0.116. The van der Waals surface area contributed by atoms with Crippen molar-refractivity contribution < 1.29 is 14.3 Å². The van der Waals surface area contributed by atoms with Crippen molar-refractivity contribution in [1.82, 2.24) is 14.8 Å². The molecule has 0 atom stereocenters. The van der Waals surface area contributed by atoms with Crippen LogP contribution in [0.5, 0.6) is 11.5 Å². The van der Waals surface area contributed by atoms with Gasteiger partial charge in [0.2, 0.25) is 5.91 Å². The van der Waals surface area contributed by atoms with Crippen LogP contribution in [0.1, 0.15) is 43.5 Å². The zero-order chi connectivity index (χ0) is 21.8. The topological polar surface area (TPSA) is 78.3 Å². The van der Waals surface area contributed by atoms with Crippen molar-refractivity contribution in [2.24, 2.45) is 0 Å². The van der Waals surface area contributed by atoms with Gasteiger partial charge in [0.05, 0.1) is 13.2 Å².